The summed E-state index contributed by atoms with van der Waals surface area (Å²) in [4.78, 5) is 0. The highest BCUT2D eigenvalue weighted by Gasteiger charge is 2.33. The lowest BCUT2D eigenvalue weighted by Gasteiger charge is -2.19. The first kappa shape index (κ1) is 19.2. The lowest BCUT2D eigenvalue weighted by Crippen LogP contribution is -2.09. The molecule has 0 aliphatic carbocycles. The van der Waals surface area contributed by atoms with Gasteiger partial charge in [0.15, 0.2) is 15.0 Å². The first-order valence-corrected chi connectivity index (χ1v) is 12.0. The van der Waals surface area contributed by atoms with Gasteiger partial charge in [0.25, 0.3) is 0 Å². The molecular formula is C21H23N3O2S2. The maximum absolute atomic E-state index is 11.9. The van der Waals surface area contributed by atoms with Crippen molar-refractivity contribution < 1.29 is 8.42 Å². The monoisotopic (exact) mass is 413 g/mol. The van der Waals surface area contributed by atoms with Gasteiger partial charge >= 0.3 is 0 Å². The van der Waals surface area contributed by atoms with E-state index in [2.05, 4.69) is 47.5 Å². The maximum atomic E-state index is 11.9. The Morgan fingerprint density at radius 1 is 1.07 bits per heavy atom. The summed E-state index contributed by atoms with van der Waals surface area (Å²) in [5.74, 6) is 1.11. The molecule has 0 radical (unpaired) electrons. The first-order valence-electron chi connectivity index (χ1n) is 9.31. The van der Waals surface area contributed by atoms with Crippen LogP contribution in [0.15, 0.2) is 59.8 Å². The van der Waals surface area contributed by atoms with Gasteiger partial charge in [0.1, 0.15) is 5.82 Å². The van der Waals surface area contributed by atoms with E-state index in [-0.39, 0.29) is 22.7 Å². The normalized spacial score (nSPS) is 19.6. The third-order valence-corrected chi connectivity index (χ3v) is 8.36. The summed E-state index contributed by atoms with van der Waals surface area (Å²) in [6, 6.07) is 18.8. The second-order valence-corrected chi connectivity index (χ2v) is 10.6. The van der Waals surface area contributed by atoms with Crippen LogP contribution in [0, 0.1) is 6.92 Å². The molecule has 0 amide bonds. The van der Waals surface area contributed by atoms with Crippen LogP contribution in [0.3, 0.4) is 0 Å². The van der Waals surface area contributed by atoms with Crippen molar-refractivity contribution in [3.63, 3.8) is 0 Å². The Hall–Kier alpha value is -2.12. The van der Waals surface area contributed by atoms with Crippen LogP contribution in [-0.2, 0) is 16.9 Å². The summed E-state index contributed by atoms with van der Waals surface area (Å²) < 4.78 is 25.7. The van der Waals surface area contributed by atoms with Gasteiger partial charge in [0.2, 0.25) is 0 Å². The summed E-state index contributed by atoms with van der Waals surface area (Å²) in [5, 5.41) is 9.65. The molecule has 5 nitrogen and oxygen atoms in total. The summed E-state index contributed by atoms with van der Waals surface area (Å²) in [7, 11) is -1.02. The fourth-order valence-electron chi connectivity index (χ4n) is 3.71. The second kappa shape index (κ2) is 7.72. The van der Waals surface area contributed by atoms with Gasteiger partial charge in [-0.15, -0.1) is 10.2 Å². The minimum atomic E-state index is -2.95. The quantitative estimate of drug-likeness (QED) is 0.594. The fourth-order valence-corrected chi connectivity index (χ4v) is 6.68. The highest BCUT2D eigenvalue weighted by atomic mass is 32.2. The van der Waals surface area contributed by atoms with E-state index in [1.165, 1.54) is 16.7 Å². The second-order valence-electron chi connectivity index (χ2n) is 7.26. The van der Waals surface area contributed by atoms with Crippen molar-refractivity contribution in [1.29, 1.82) is 0 Å². The van der Waals surface area contributed by atoms with E-state index in [4.69, 9.17) is 0 Å². The number of hydrogen-bond acceptors (Lipinski definition) is 5. The standard InChI is InChI=1S/C21H23N3O2S2/c1-15-8-6-7-11-18(15)19(16-9-4-3-5-10-16)27-21-23-22-20(24(21)2)17-12-13-28(25,26)14-17/h3-11,17,19H,12-14H2,1-2H3. The molecule has 2 heterocycles. The molecule has 3 aromatic rings. The molecule has 2 unspecified atom stereocenters. The number of nitrogens with zero attached hydrogens (tertiary/aromatic N) is 3. The van der Waals surface area contributed by atoms with E-state index < -0.39 is 9.84 Å². The molecule has 1 saturated heterocycles. The summed E-state index contributed by atoms with van der Waals surface area (Å²) in [5.41, 5.74) is 3.68. The molecule has 146 valence electrons. The Bertz CT molecular complexity index is 1080. The lowest BCUT2D eigenvalue weighted by molar-refractivity contribution is 0.599. The van der Waals surface area contributed by atoms with Gasteiger partial charge in [0, 0.05) is 13.0 Å². The highest BCUT2D eigenvalue weighted by Crippen LogP contribution is 2.41. The zero-order valence-electron chi connectivity index (χ0n) is 15.9. The van der Waals surface area contributed by atoms with Crippen LogP contribution in [-0.4, -0.2) is 34.7 Å². The van der Waals surface area contributed by atoms with Gasteiger partial charge in [-0.05, 0) is 30.0 Å². The van der Waals surface area contributed by atoms with Crippen LogP contribution >= 0.6 is 11.8 Å². The number of thioether (sulfide) groups is 1. The van der Waals surface area contributed by atoms with Crippen molar-refractivity contribution in [3.05, 3.63) is 77.1 Å². The van der Waals surface area contributed by atoms with E-state index in [1.807, 2.05) is 35.9 Å². The molecule has 1 aromatic heterocycles. The van der Waals surface area contributed by atoms with Gasteiger partial charge < -0.3 is 4.57 Å². The van der Waals surface area contributed by atoms with Crippen molar-refractivity contribution in [2.24, 2.45) is 7.05 Å². The Kier molecular flexibility index (Phi) is 5.29. The molecule has 1 aliphatic heterocycles. The van der Waals surface area contributed by atoms with Crippen LogP contribution in [0.25, 0.3) is 0 Å². The smallest absolute Gasteiger partial charge is 0.191 e. The minimum Gasteiger partial charge on any atom is -0.309 e. The molecule has 1 aliphatic rings. The van der Waals surface area contributed by atoms with E-state index in [0.717, 1.165) is 11.0 Å². The Morgan fingerprint density at radius 3 is 2.46 bits per heavy atom. The average Bonchev–Trinajstić information content (AvgIpc) is 3.23. The van der Waals surface area contributed by atoms with Crippen LogP contribution < -0.4 is 0 Å². The van der Waals surface area contributed by atoms with Gasteiger partial charge in [-0.1, -0.05) is 66.4 Å². The van der Waals surface area contributed by atoms with Gasteiger partial charge in [-0.25, -0.2) is 8.42 Å². The topological polar surface area (TPSA) is 64.8 Å². The predicted molar refractivity (Wildman–Crippen MR) is 112 cm³/mol. The van der Waals surface area contributed by atoms with Crippen molar-refractivity contribution in [1.82, 2.24) is 14.8 Å². The van der Waals surface area contributed by atoms with Crippen molar-refractivity contribution in [3.8, 4) is 0 Å². The zero-order valence-corrected chi connectivity index (χ0v) is 17.6. The molecule has 4 rings (SSSR count). The predicted octanol–water partition coefficient (Wildman–Crippen LogP) is 3.91. The molecule has 2 atom stereocenters. The molecule has 0 spiro atoms. The van der Waals surface area contributed by atoms with Gasteiger partial charge in [-0.3, -0.25) is 0 Å². The summed E-state index contributed by atoms with van der Waals surface area (Å²) in [6.07, 6.45) is 0.624. The molecule has 2 aromatic carbocycles. The SMILES string of the molecule is Cc1ccccc1C(Sc1nnc(C2CCS(=O)(=O)C2)n1C)c1ccccc1. The van der Waals surface area contributed by atoms with Crippen LogP contribution in [0.5, 0.6) is 0 Å². The van der Waals surface area contributed by atoms with E-state index >= 15 is 0 Å². The minimum absolute atomic E-state index is 0.0644. The third kappa shape index (κ3) is 3.86. The van der Waals surface area contributed by atoms with Gasteiger partial charge in [-0.2, -0.15) is 0 Å². The van der Waals surface area contributed by atoms with E-state index in [1.54, 1.807) is 11.8 Å². The maximum Gasteiger partial charge on any atom is 0.191 e. The highest BCUT2D eigenvalue weighted by molar-refractivity contribution is 7.99. The molecule has 0 bridgehead atoms. The van der Waals surface area contributed by atoms with Crippen LogP contribution in [0.4, 0.5) is 0 Å². The number of sulfone groups is 1. The lowest BCUT2D eigenvalue weighted by atomic mass is 10.0. The molecular weight excluding hydrogens is 390 g/mol. The number of benzene rings is 2. The summed E-state index contributed by atoms with van der Waals surface area (Å²) >= 11 is 1.66. The average molecular weight is 414 g/mol. The Balaban J connectivity index is 1.68. The first-order chi connectivity index (χ1) is 13.4. The van der Waals surface area contributed by atoms with Crippen molar-refractivity contribution in [2.45, 2.75) is 29.7 Å². The number of aryl methyl sites for hydroxylation is 1. The van der Waals surface area contributed by atoms with Crippen molar-refractivity contribution in [2.75, 3.05) is 11.5 Å². The van der Waals surface area contributed by atoms with Crippen molar-refractivity contribution >= 4 is 21.6 Å². The number of rotatable bonds is 5. The zero-order chi connectivity index (χ0) is 19.7. The molecule has 0 N–H and O–H groups in total. The third-order valence-electron chi connectivity index (χ3n) is 5.26. The molecule has 1 fully saturated rings. The number of aromatic nitrogens is 3. The van der Waals surface area contributed by atoms with E-state index in [9.17, 15) is 8.42 Å². The largest absolute Gasteiger partial charge is 0.309 e. The fraction of sp³-hybridized carbons (Fsp3) is 0.333. The Labute approximate surface area is 170 Å². The Morgan fingerprint density at radius 2 is 1.79 bits per heavy atom. The molecule has 0 saturated carbocycles. The van der Waals surface area contributed by atoms with E-state index in [0.29, 0.717) is 6.42 Å². The van der Waals surface area contributed by atoms with Crippen LogP contribution in [0.1, 0.15) is 40.1 Å². The molecule has 28 heavy (non-hydrogen) atoms. The molecule has 7 heteroatoms. The van der Waals surface area contributed by atoms with Crippen LogP contribution in [0.2, 0.25) is 0 Å². The summed E-state index contributed by atoms with van der Waals surface area (Å²) in [6.45, 7) is 2.12. The van der Waals surface area contributed by atoms with Gasteiger partial charge in [0.05, 0.1) is 16.8 Å². The number of hydrogen-bond donors (Lipinski definition) is 0.